The fraction of sp³-hybridized carbons (Fsp3) is 0.263. The molecule has 3 rings (SSSR count). The topological polar surface area (TPSA) is 55.1 Å². The number of carbonyl (C=O) groups is 1. The third-order valence-corrected chi connectivity index (χ3v) is 3.95. The number of para-hydroxylation sites is 1. The molecule has 3 aromatic rings. The summed E-state index contributed by atoms with van der Waals surface area (Å²) in [6, 6.07) is 15.6. The summed E-state index contributed by atoms with van der Waals surface area (Å²) in [6.07, 6.45) is 0.389. The average Bonchev–Trinajstić information content (AvgIpc) is 2.89. The van der Waals surface area contributed by atoms with Gasteiger partial charge in [-0.05, 0) is 23.1 Å². The highest BCUT2D eigenvalue weighted by Gasteiger charge is 2.24. The number of fused-ring (bicyclic) bond motifs is 1. The lowest BCUT2D eigenvalue weighted by Gasteiger charge is -2.24. The minimum atomic E-state index is -0.240. The predicted octanol–water partition coefficient (Wildman–Crippen LogP) is 4.44. The summed E-state index contributed by atoms with van der Waals surface area (Å²) < 4.78 is 5.59. The van der Waals surface area contributed by atoms with Crippen LogP contribution in [0.4, 0.5) is 5.69 Å². The van der Waals surface area contributed by atoms with Gasteiger partial charge in [0, 0.05) is 13.3 Å². The van der Waals surface area contributed by atoms with Gasteiger partial charge in [0.1, 0.15) is 5.52 Å². The standard InChI is InChI=1S/C19H20N2O2/c1-13-20-15-10-7-11-16(18(15)23-13)21-17(22)12-19(2,3)14-8-5-4-6-9-14/h4-11H,12H2,1-3H3,(H,21,22). The fourth-order valence-electron chi connectivity index (χ4n) is 2.75. The molecule has 23 heavy (non-hydrogen) atoms. The van der Waals surface area contributed by atoms with Crippen LogP contribution >= 0.6 is 0 Å². The molecule has 0 spiro atoms. The first-order valence-electron chi connectivity index (χ1n) is 7.67. The van der Waals surface area contributed by atoms with Crippen LogP contribution in [-0.2, 0) is 10.2 Å². The smallest absolute Gasteiger partial charge is 0.225 e. The summed E-state index contributed by atoms with van der Waals surface area (Å²) in [7, 11) is 0. The molecule has 4 heteroatoms. The zero-order valence-electron chi connectivity index (χ0n) is 13.6. The van der Waals surface area contributed by atoms with Crippen molar-refractivity contribution < 1.29 is 9.21 Å². The van der Waals surface area contributed by atoms with Crippen LogP contribution in [0.3, 0.4) is 0 Å². The van der Waals surface area contributed by atoms with Gasteiger partial charge in [0.25, 0.3) is 0 Å². The number of hydrogen-bond donors (Lipinski definition) is 1. The minimum Gasteiger partial charge on any atom is -0.439 e. The first kappa shape index (κ1) is 15.3. The Morgan fingerprint density at radius 3 is 2.61 bits per heavy atom. The first-order chi connectivity index (χ1) is 11.0. The highest BCUT2D eigenvalue weighted by molar-refractivity contribution is 5.99. The molecule has 118 valence electrons. The lowest BCUT2D eigenvalue weighted by atomic mass is 9.81. The van der Waals surface area contributed by atoms with Gasteiger partial charge in [0.05, 0.1) is 5.69 Å². The van der Waals surface area contributed by atoms with E-state index in [1.165, 1.54) is 0 Å². The van der Waals surface area contributed by atoms with Gasteiger partial charge in [-0.3, -0.25) is 4.79 Å². The van der Waals surface area contributed by atoms with Crippen molar-refractivity contribution >= 4 is 22.7 Å². The monoisotopic (exact) mass is 308 g/mol. The number of rotatable bonds is 4. The largest absolute Gasteiger partial charge is 0.439 e. The molecule has 0 bridgehead atoms. The Kier molecular flexibility index (Phi) is 3.90. The Balaban J connectivity index is 1.79. The molecule has 1 N–H and O–H groups in total. The third kappa shape index (κ3) is 3.26. The average molecular weight is 308 g/mol. The Morgan fingerprint density at radius 2 is 1.87 bits per heavy atom. The van der Waals surface area contributed by atoms with Gasteiger partial charge in [-0.2, -0.15) is 0 Å². The van der Waals surface area contributed by atoms with Gasteiger partial charge in [-0.15, -0.1) is 0 Å². The number of carbonyl (C=O) groups excluding carboxylic acids is 1. The van der Waals surface area contributed by atoms with Crippen LogP contribution in [0, 0.1) is 6.92 Å². The summed E-state index contributed by atoms with van der Waals surface area (Å²) >= 11 is 0. The number of aromatic nitrogens is 1. The van der Waals surface area contributed by atoms with E-state index < -0.39 is 0 Å². The van der Waals surface area contributed by atoms with Crippen molar-refractivity contribution in [2.75, 3.05) is 5.32 Å². The first-order valence-corrected chi connectivity index (χ1v) is 7.67. The van der Waals surface area contributed by atoms with Crippen molar-refractivity contribution in [3.8, 4) is 0 Å². The maximum absolute atomic E-state index is 12.5. The SMILES string of the molecule is Cc1nc2cccc(NC(=O)CC(C)(C)c3ccccc3)c2o1. The van der Waals surface area contributed by atoms with E-state index in [0.717, 1.165) is 11.1 Å². The van der Waals surface area contributed by atoms with Crippen molar-refractivity contribution in [2.45, 2.75) is 32.6 Å². The normalized spacial score (nSPS) is 11.6. The van der Waals surface area contributed by atoms with E-state index in [9.17, 15) is 4.79 Å². The van der Waals surface area contributed by atoms with Gasteiger partial charge in [-0.1, -0.05) is 50.2 Å². The van der Waals surface area contributed by atoms with E-state index in [0.29, 0.717) is 23.6 Å². The van der Waals surface area contributed by atoms with Gasteiger partial charge < -0.3 is 9.73 Å². The number of oxazole rings is 1. The predicted molar refractivity (Wildman–Crippen MR) is 91.5 cm³/mol. The lowest BCUT2D eigenvalue weighted by Crippen LogP contribution is -2.25. The van der Waals surface area contributed by atoms with Crippen LogP contribution in [0.2, 0.25) is 0 Å². The number of aryl methyl sites for hydroxylation is 1. The molecule has 2 aromatic carbocycles. The molecule has 0 aliphatic rings. The van der Waals surface area contributed by atoms with E-state index in [2.05, 4.69) is 24.1 Å². The van der Waals surface area contributed by atoms with Crippen molar-refractivity contribution in [1.29, 1.82) is 0 Å². The molecule has 0 aliphatic heterocycles. The highest BCUT2D eigenvalue weighted by atomic mass is 16.3. The zero-order valence-corrected chi connectivity index (χ0v) is 13.6. The summed E-state index contributed by atoms with van der Waals surface area (Å²) in [5.74, 6) is 0.548. The van der Waals surface area contributed by atoms with Crippen LogP contribution in [0.15, 0.2) is 52.9 Å². The second kappa shape index (κ2) is 5.88. The van der Waals surface area contributed by atoms with Gasteiger partial charge >= 0.3 is 0 Å². The Bertz CT molecular complexity index is 835. The number of benzene rings is 2. The highest BCUT2D eigenvalue weighted by Crippen LogP contribution is 2.29. The van der Waals surface area contributed by atoms with E-state index >= 15 is 0 Å². The lowest BCUT2D eigenvalue weighted by molar-refractivity contribution is -0.117. The van der Waals surface area contributed by atoms with Crippen LogP contribution < -0.4 is 5.32 Å². The number of anilines is 1. The molecular weight excluding hydrogens is 288 g/mol. The maximum atomic E-state index is 12.5. The van der Waals surface area contributed by atoms with Crippen molar-refractivity contribution in [3.05, 3.63) is 60.0 Å². The molecule has 0 unspecified atom stereocenters. The maximum Gasteiger partial charge on any atom is 0.225 e. The fourth-order valence-corrected chi connectivity index (χ4v) is 2.75. The van der Waals surface area contributed by atoms with Crippen molar-refractivity contribution in [1.82, 2.24) is 4.98 Å². The van der Waals surface area contributed by atoms with E-state index in [1.807, 2.05) is 48.5 Å². The van der Waals surface area contributed by atoms with Crippen LogP contribution in [0.1, 0.15) is 31.7 Å². The van der Waals surface area contributed by atoms with Gasteiger partial charge in [0.2, 0.25) is 5.91 Å². The molecule has 0 aliphatic carbocycles. The molecule has 4 nitrogen and oxygen atoms in total. The van der Waals surface area contributed by atoms with E-state index in [-0.39, 0.29) is 11.3 Å². The van der Waals surface area contributed by atoms with Crippen molar-refractivity contribution in [2.24, 2.45) is 0 Å². The number of nitrogens with one attached hydrogen (secondary N) is 1. The molecule has 0 atom stereocenters. The summed E-state index contributed by atoms with van der Waals surface area (Å²) in [4.78, 5) is 16.8. The van der Waals surface area contributed by atoms with Crippen molar-refractivity contribution in [3.63, 3.8) is 0 Å². The summed E-state index contributed by atoms with van der Waals surface area (Å²) in [5, 5.41) is 2.95. The third-order valence-electron chi connectivity index (χ3n) is 3.95. The van der Waals surface area contributed by atoms with Gasteiger partial charge in [0.15, 0.2) is 11.5 Å². The Hall–Kier alpha value is -2.62. The van der Waals surface area contributed by atoms with Gasteiger partial charge in [-0.25, -0.2) is 4.98 Å². The molecule has 1 amide bonds. The zero-order chi connectivity index (χ0) is 16.4. The molecule has 0 saturated heterocycles. The van der Waals surface area contributed by atoms with Crippen LogP contribution in [0.25, 0.3) is 11.1 Å². The second-order valence-corrected chi connectivity index (χ2v) is 6.36. The minimum absolute atomic E-state index is 0.0413. The molecule has 0 radical (unpaired) electrons. The van der Waals surface area contributed by atoms with E-state index in [1.54, 1.807) is 6.92 Å². The number of nitrogens with zero attached hydrogens (tertiary/aromatic N) is 1. The second-order valence-electron chi connectivity index (χ2n) is 6.36. The number of hydrogen-bond acceptors (Lipinski definition) is 3. The number of amides is 1. The molecular formula is C19H20N2O2. The van der Waals surface area contributed by atoms with Crippen LogP contribution in [-0.4, -0.2) is 10.9 Å². The molecule has 1 heterocycles. The van der Waals surface area contributed by atoms with Crippen LogP contribution in [0.5, 0.6) is 0 Å². The summed E-state index contributed by atoms with van der Waals surface area (Å²) in [5.41, 5.74) is 2.94. The molecule has 1 aromatic heterocycles. The Morgan fingerprint density at radius 1 is 1.13 bits per heavy atom. The summed E-state index contributed by atoms with van der Waals surface area (Å²) in [6.45, 7) is 5.94. The quantitative estimate of drug-likeness (QED) is 0.775. The molecule has 0 fully saturated rings. The molecule has 0 saturated carbocycles. The Labute approximate surface area is 135 Å². The van der Waals surface area contributed by atoms with E-state index in [4.69, 9.17) is 4.42 Å².